The number of ether oxygens (including phenoxy) is 1. The monoisotopic (exact) mass is 264 g/mol. The Morgan fingerprint density at radius 3 is 3.11 bits per heavy atom. The lowest BCUT2D eigenvalue weighted by Crippen LogP contribution is -2.13. The molecule has 0 aromatic carbocycles. The SMILES string of the molecule is CCCOCCCNc1nc(NN)cn2ccnc12. The Morgan fingerprint density at radius 2 is 2.32 bits per heavy atom. The molecule has 2 rings (SSSR count). The van der Waals surface area contributed by atoms with Crippen molar-refractivity contribution in [2.24, 2.45) is 5.84 Å². The highest BCUT2D eigenvalue weighted by molar-refractivity contribution is 5.65. The largest absolute Gasteiger partial charge is 0.381 e. The smallest absolute Gasteiger partial charge is 0.180 e. The lowest BCUT2D eigenvalue weighted by Gasteiger charge is -2.09. The van der Waals surface area contributed by atoms with Gasteiger partial charge in [0.05, 0.1) is 6.20 Å². The number of nitrogens with zero attached hydrogens (tertiary/aromatic N) is 3. The molecule has 0 saturated carbocycles. The Balaban J connectivity index is 1.93. The maximum absolute atomic E-state index is 5.42. The second kappa shape index (κ2) is 6.91. The van der Waals surface area contributed by atoms with Gasteiger partial charge < -0.3 is 19.9 Å². The van der Waals surface area contributed by atoms with Gasteiger partial charge in [-0.15, -0.1) is 0 Å². The number of nitrogen functional groups attached to an aromatic ring is 1. The molecule has 0 unspecified atom stereocenters. The van der Waals surface area contributed by atoms with Crippen molar-refractivity contribution in [2.45, 2.75) is 19.8 Å². The number of fused-ring (bicyclic) bond motifs is 1. The number of hydrazine groups is 1. The van der Waals surface area contributed by atoms with Crippen LogP contribution in [-0.4, -0.2) is 34.1 Å². The molecule has 0 spiro atoms. The van der Waals surface area contributed by atoms with Crippen LogP contribution in [-0.2, 0) is 4.74 Å². The van der Waals surface area contributed by atoms with Crippen molar-refractivity contribution in [1.82, 2.24) is 14.4 Å². The Labute approximate surface area is 112 Å². The van der Waals surface area contributed by atoms with E-state index in [9.17, 15) is 0 Å². The quantitative estimate of drug-likeness (QED) is 0.377. The van der Waals surface area contributed by atoms with Gasteiger partial charge in [-0.1, -0.05) is 6.92 Å². The van der Waals surface area contributed by atoms with E-state index in [4.69, 9.17) is 10.6 Å². The zero-order valence-electron chi connectivity index (χ0n) is 11.1. The molecule has 0 amide bonds. The third-order valence-corrected chi connectivity index (χ3v) is 2.63. The zero-order valence-corrected chi connectivity index (χ0v) is 11.1. The van der Waals surface area contributed by atoms with Gasteiger partial charge in [-0.05, 0) is 12.8 Å². The van der Waals surface area contributed by atoms with Crippen molar-refractivity contribution < 1.29 is 4.74 Å². The van der Waals surface area contributed by atoms with Gasteiger partial charge in [0.25, 0.3) is 0 Å². The summed E-state index contributed by atoms with van der Waals surface area (Å²) >= 11 is 0. The number of imidazole rings is 1. The molecular weight excluding hydrogens is 244 g/mol. The van der Waals surface area contributed by atoms with Crippen molar-refractivity contribution >= 4 is 17.3 Å². The lowest BCUT2D eigenvalue weighted by atomic mass is 10.4. The summed E-state index contributed by atoms with van der Waals surface area (Å²) < 4.78 is 7.30. The van der Waals surface area contributed by atoms with E-state index in [1.54, 1.807) is 12.4 Å². The van der Waals surface area contributed by atoms with E-state index in [2.05, 4.69) is 27.6 Å². The van der Waals surface area contributed by atoms with E-state index in [-0.39, 0.29) is 0 Å². The van der Waals surface area contributed by atoms with E-state index in [1.165, 1.54) is 0 Å². The molecular formula is C12H20N6O. The minimum atomic E-state index is 0.593. The van der Waals surface area contributed by atoms with Gasteiger partial charge in [-0.25, -0.2) is 15.8 Å². The number of hydrogen-bond acceptors (Lipinski definition) is 6. The van der Waals surface area contributed by atoms with E-state index < -0.39 is 0 Å². The Hall–Kier alpha value is -1.86. The van der Waals surface area contributed by atoms with E-state index in [1.807, 2.05) is 10.6 Å². The van der Waals surface area contributed by atoms with Gasteiger partial charge in [-0.2, -0.15) is 0 Å². The number of hydrogen-bond donors (Lipinski definition) is 3. The van der Waals surface area contributed by atoms with Crippen LogP contribution < -0.4 is 16.6 Å². The number of rotatable bonds is 8. The highest BCUT2D eigenvalue weighted by Crippen LogP contribution is 2.15. The fourth-order valence-corrected chi connectivity index (χ4v) is 1.75. The molecule has 2 heterocycles. The van der Waals surface area contributed by atoms with Gasteiger partial charge in [0, 0.05) is 32.2 Å². The number of nitrogens with two attached hydrogens (primary N) is 1. The van der Waals surface area contributed by atoms with Crippen molar-refractivity contribution in [2.75, 3.05) is 30.5 Å². The lowest BCUT2D eigenvalue weighted by molar-refractivity contribution is 0.134. The third kappa shape index (κ3) is 3.55. The maximum Gasteiger partial charge on any atom is 0.180 e. The Kier molecular flexibility index (Phi) is 4.93. The molecule has 2 aromatic heterocycles. The first-order chi connectivity index (χ1) is 9.35. The normalized spacial score (nSPS) is 10.8. The number of nitrogens with one attached hydrogen (secondary N) is 2. The zero-order chi connectivity index (χ0) is 13.5. The predicted octanol–water partition coefficient (Wildman–Crippen LogP) is 1.24. The van der Waals surface area contributed by atoms with Crippen LogP contribution in [0.15, 0.2) is 18.6 Å². The summed E-state index contributed by atoms with van der Waals surface area (Å²) in [6.45, 7) is 4.45. The van der Waals surface area contributed by atoms with Gasteiger partial charge in [0.1, 0.15) is 0 Å². The molecule has 0 radical (unpaired) electrons. The van der Waals surface area contributed by atoms with Gasteiger partial charge in [0.15, 0.2) is 17.3 Å². The van der Waals surface area contributed by atoms with Crippen LogP contribution in [0.5, 0.6) is 0 Å². The van der Waals surface area contributed by atoms with Crippen molar-refractivity contribution in [3.63, 3.8) is 0 Å². The summed E-state index contributed by atoms with van der Waals surface area (Å²) in [4.78, 5) is 8.61. The fourth-order valence-electron chi connectivity index (χ4n) is 1.75. The topological polar surface area (TPSA) is 89.5 Å². The third-order valence-electron chi connectivity index (χ3n) is 2.63. The van der Waals surface area contributed by atoms with Gasteiger partial charge in [-0.3, -0.25) is 0 Å². The molecule has 0 bridgehead atoms. The second-order valence-electron chi connectivity index (χ2n) is 4.17. The minimum absolute atomic E-state index is 0.593. The Bertz CT molecular complexity index is 512. The number of anilines is 2. The van der Waals surface area contributed by atoms with Crippen molar-refractivity contribution in [3.05, 3.63) is 18.6 Å². The molecule has 4 N–H and O–H groups in total. The summed E-state index contributed by atoms with van der Waals surface area (Å²) in [6, 6.07) is 0. The highest BCUT2D eigenvalue weighted by Gasteiger charge is 2.06. The van der Waals surface area contributed by atoms with E-state index >= 15 is 0 Å². The first-order valence-corrected chi connectivity index (χ1v) is 6.47. The molecule has 2 aromatic rings. The fraction of sp³-hybridized carbons (Fsp3) is 0.500. The van der Waals surface area contributed by atoms with Gasteiger partial charge >= 0.3 is 0 Å². The van der Waals surface area contributed by atoms with Crippen LogP contribution in [0.2, 0.25) is 0 Å². The summed E-state index contributed by atoms with van der Waals surface area (Å²) in [6.07, 6.45) is 7.35. The van der Waals surface area contributed by atoms with Crippen LogP contribution in [0.4, 0.5) is 11.6 Å². The molecule has 0 atom stereocenters. The standard InChI is InChI=1S/C12H20N6O/c1-2-7-19-8-3-4-14-11-12-15-5-6-18(12)9-10(16-11)17-13/h5-6,9,17H,2-4,7-8,13H2,1H3,(H,14,16). The average Bonchev–Trinajstić information content (AvgIpc) is 2.90. The molecule has 0 aliphatic heterocycles. The predicted molar refractivity (Wildman–Crippen MR) is 75.0 cm³/mol. The molecule has 104 valence electrons. The van der Waals surface area contributed by atoms with E-state index in [0.717, 1.165) is 44.1 Å². The summed E-state index contributed by atoms with van der Waals surface area (Å²) in [5.41, 5.74) is 3.33. The van der Waals surface area contributed by atoms with Gasteiger partial charge in [0.2, 0.25) is 0 Å². The summed E-state index contributed by atoms with van der Waals surface area (Å²) in [5, 5.41) is 3.26. The van der Waals surface area contributed by atoms with Crippen LogP contribution in [0.3, 0.4) is 0 Å². The highest BCUT2D eigenvalue weighted by atomic mass is 16.5. The second-order valence-corrected chi connectivity index (χ2v) is 4.17. The summed E-state index contributed by atoms with van der Waals surface area (Å²) in [5.74, 6) is 6.71. The van der Waals surface area contributed by atoms with Crippen molar-refractivity contribution in [3.8, 4) is 0 Å². The molecule has 0 fully saturated rings. The first kappa shape index (κ1) is 13.6. The van der Waals surface area contributed by atoms with Crippen molar-refractivity contribution in [1.29, 1.82) is 0 Å². The average molecular weight is 264 g/mol. The molecule has 0 saturated heterocycles. The molecule has 0 aliphatic rings. The van der Waals surface area contributed by atoms with Crippen LogP contribution >= 0.6 is 0 Å². The van der Waals surface area contributed by atoms with Crippen LogP contribution in [0.1, 0.15) is 19.8 Å². The minimum Gasteiger partial charge on any atom is -0.381 e. The molecule has 19 heavy (non-hydrogen) atoms. The molecule has 7 nitrogen and oxygen atoms in total. The van der Waals surface area contributed by atoms with Crippen LogP contribution in [0, 0.1) is 0 Å². The maximum atomic E-state index is 5.42. The van der Waals surface area contributed by atoms with Crippen LogP contribution in [0.25, 0.3) is 5.65 Å². The Morgan fingerprint density at radius 1 is 1.42 bits per heavy atom. The van der Waals surface area contributed by atoms with E-state index in [0.29, 0.717) is 5.82 Å². The molecule has 0 aliphatic carbocycles. The molecule has 7 heteroatoms. The summed E-state index contributed by atoms with van der Waals surface area (Å²) in [7, 11) is 0. The first-order valence-electron chi connectivity index (χ1n) is 6.47. The number of aromatic nitrogens is 3.